The Labute approximate surface area is 109 Å². The summed E-state index contributed by atoms with van der Waals surface area (Å²) in [6.45, 7) is 3.66. The molecule has 8 heteroatoms. The molecule has 0 aromatic carbocycles. The molecule has 1 N–H and O–H groups in total. The first-order valence-corrected chi connectivity index (χ1v) is 5.70. The van der Waals surface area contributed by atoms with Crippen LogP contribution in [0.3, 0.4) is 0 Å². The van der Waals surface area contributed by atoms with E-state index >= 15 is 0 Å². The van der Waals surface area contributed by atoms with Gasteiger partial charge in [0.2, 0.25) is 0 Å². The maximum Gasteiger partial charge on any atom is 0.312 e. The smallest absolute Gasteiger partial charge is 0.312 e. The van der Waals surface area contributed by atoms with Crippen LogP contribution in [0.1, 0.15) is 17.1 Å². The summed E-state index contributed by atoms with van der Waals surface area (Å²) < 4.78 is 1.57. The topological polar surface area (TPSA) is 98.8 Å². The molecule has 0 spiro atoms. The molecule has 0 radical (unpaired) electrons. The van der Waals surface area contributed by atoms with Crippen molar-refractivity contribution in [1.29, 1.82) is 0 Å². The van der Waals surface area contributed by atoms with Crippen molar-refractivity contribution in [1.82, 2.24) is 19.7 Å². The number of aromatic nitrogens is 4. The molecule has 0 saturated carbocycles. The molecule has 0 bridgehead atoms. The van der Waals surface area contributed by atoms with E-state index in [4.69, 9.17) is 0 Å². The predicted molar refractivity (Wildman–Crippen MR) is 69.0 cm³/mol. The van der Waals surface area contributed by atoms with Gasteiger partial charge < -0.3 is 5.32 Å². The fourth-order valence-corrected chi connectivity index (χ4v) is 1.82. The van der Waals surface area contributed by atoms with E-state index in [2.05, 4.69) is 20.4 Å². The van der Waals surface area contributed by atoms with Gasteiger partial charge in [-0.3, -0.25) is 19.8 Å². The van der Waals surface area contributed by atoms with Crippen LogP contribution in [0.4, 0.5) is 11.5 Å². The maximum absolute atomic E-state index is 10.9. The minimum atomic E-state index is -0.413. The molecule has 0 unspecified atom stereocenters. The SMILES string of the molecule is CNc1cnc(Cn2nc(C)c([N+](=O)[O-])c2C)cn1. The van der Waals surface area contributed by atoms with Crippen LogP contribution in [0.15, 0.2) is 12.4 Å². The van der Waals surface area contributed by atoms with E-state index in [1.165, 1.54) is 0 Å². The van der Waals surface area contributed by atoms with Gasteiger partial charge in [0.15, 0.2) is 0 Å². The van der Waals surface area contributed by atoms with Crippen molar-refractivity contribution >= 4 is 11.5 Å². The molecule has 0 amide bonds. The van der Waals surface area contributed by atoms with Gasteiger partial charge in [-0.1, -0.05) is 0 Å². The monoisotopic (exact) mass is 262 g/mol. The number of anilines is 1. The summed E-state index contributed by atoms with van der Waals surface area (Å²) in [4.78, 5) is 18.8. The molecule has 0 aliphatic heterocycles. The van der Waals surface area contributed by atoms with Gasteiger partial charge in [0.1, 0.15) is 17.2 Å². The number of hydrogen-bond acceptors (Lipinski definition) is 6. The zero-order valence-corrected chi connectivity index (χ0v) is 10.9. The van der Waals surface area contributed by atoms with Gasteiger partial charge in [0.05, 0.1) is 29.6 Å². The first-order valence-electron chi connectivity index (χ1n) is 5.70. The van der Waals surface area contributed by atoms with Crippen molar-refractivity contribution < 1.29 is 4.92 Å². The van der Waals surface area contributed by atoms with E-state index in [1.807, 2.05) is 0 Å². The molecule has 2 heterocycles. The van der Waals surface area contributed by atoms with Crippen molar-refractivity contribution in [2.75, 3.05) is 12.4 Å². The van der Waals surface area contributed by atoms with Crippen LogP contribution in [-0.2, 0) is 6.54 Å². The van der Waals surface area contributed by atoms with Gasteiger partial charge in [0.25, 0.3) is 0 Å². The Morgan fingerprint density at radius 1 is 1.37 bits per heavy atom. The standard InChI is InChI=1S/C11H14N6O2/c1-7-11(17(18)19)8(2)16(15-7)6-9-4-14-10(12-3)5-13-9/h4-5H,6H2,1-3H3,(H,12,14). The summed E-state index contributed by atoms with van der Waals surface area (Å²) in [5, 5.41) is 17.9. The molecule has 2 rings (SSSR count). The zero-order valence-electron chi connectivity index (χ0n) is 10.9. The molecule has 0 saturated heterocycles. The Balaban J connectivity index is 2.28. The van der Waals surface area contributed by atoms with Crippen LogP contribution < -0.4 is 5.32 Å². The van der Waals surface area contributed by atoms with E-state index in [0.717, 1.165) is 0 Å². The lowest BCUT2D eigenvalue weighted by Gasteiger charge is -2.04. The van der Waals surface area contributed by atoms with Crippen LogP contribution in [0.2, 0.25) is 0 Å². The molecular weight excluding hydrogens is 248 g/mol. The van der Waals surface area contributed by atoms with Crippen LogP contribution in [-0.4, -0.2) is 31.7 Å². The zero-order chi connectivity index (χ0) is 14.0. The number of rotatable bonds is 4. The fraction of sp³-hybridized carbons (Fsp3) is 0.364. The third-order valence-corrected chi connectivity index (χ3v) is 2.80. The molecule has 0 aliphatic rings. The second-order valence-corrected chi connectivity index (χ2v) is 4.08. The van der Waals surface area contributed by atoms with Crippen molar-refractivity contribution in [3.8, 4) is 0 Å². The highest BCUT2D eigenvalue weighted by Gasteiger charge is 2.21. The summed E-state index contributed by atoms with van der Waals surface area (Å²) in [5.41, 5.74) is 1.67. The summed E-state index contributed by atoms with van der Waals surface area (Å²) >= 11 is 0. The minimum Gasteiger partial charge on any atom is -0.372 e. The normalized spacial score (nSPS) is 10.5. The van der Waals surface area contributed by atoms with Crippen LogP contribution >= 0.6 is 0 Å². The summed E-state index contributed by atoms with van der Waals surface area (Å²) in [5.74, 6) is 0.670. The summed E-state index contributed by atoms with van der Waals surface area (Å²) in [6.07, 6.45) is 3.23. The van der Waals surface area contributed by atoms with Crippen LogP contribution in [0.25, 0.3) is 0 Å². The highest BCUT2D eigenvalue weighted by molar-refractivity contribution is 5.39. The Morgan fingerprint density at radius 2 is 2.11 bits per heavy atom. The predicted octanol–water partition coefficient (Wildman–Crippen LogP) is 1.29. The molecular formula is C11H14N6O2. The highest BCUT2D eigenvalue weighted by Crippen LogP contribution is 2.22. The Morgan fingerprint density at radius 3 is 2.58 bits per heavy atom. The highest BCUT2D eigenvalue weighted by atomic mass is 16.6. The fourth-order valence-electron chi connectivity index (χ4n) is 1.82. The number of aryl methyl sites for hydroxylation is 1. The number of nitrogens with one attached hydrogen (secondary N) is 1. The van der Waals surface area contributed by atoms with Gasteiger partial charge >= 0.3 is 5.69 Å². The van der Waals surface area contributed by atoms with Crippen LogP contribution in [0, 0.1) is 24.0 Å². The minimum absolute atomic E-state index is 0.0554. The Hall–Kier alpha value is -2.51. The lowest BCUT2D eigenvalue weighted by molar-refractivity contribution is -0.386. The Kier molecular flexibility index (Phi) is 3.41. The van der Waals surface area contributed by atoms with Crippen molar-refractivity contribution in [3.05, 3.63) is 39.6 Å². The van der Waals surface area contributed by atoms with Gasteiger partial charge in [-0.25, -0.2) is 4.98 Å². The molecule has 8 nitrogen and oxygen atoms in total. The molecule has 2 aromatic rings. The lowest BCUT2D eigenvalue weighted by Crippen LogP contribution is -2.07. The molecule has 2 aromatic heterocycles. The molecule has 19 heavy (non-hydrogen) atoms. The summed E-state index contributed by atoms with van der Waals surface area (Å²) in [7, 11) is 1.76. The second-order valence-electron chi connectivity index (χ2n) is 4.08. The van der Waals surface area contributed by atoms with Crippen molar-refractivity contribution in [3.63, 3.8) is 0 Å². The van der Waals surface area contributed by atoms with E-state index in [-0.39, 0.29) is 5.69 Å². The largest absolute Gasteiger partial charge is 0.372 e. The average Bonchev–Trinajstić information content (AvgIpc) is 2.65. The van der Waals surface area contributed by atoms with Crippen molar-refractivity contribution in [2.45, 2.75) is 20.4 Å². The van der Waals surface area contributed by atoms with Gasteiger partial charge in [-0.15, -0.1) is 0 Å². The first-order chi connectivity index (χ1) is 9.02. The first kappa shape index (κ1) is 12.9. The maximum atomic E-state index is 10.9. The quantitative estimate of drug-likeness (QED) is 0.658. The third kappa shape index (κ3) is 2.51. The third-order valence-electron chi connectivity index (χ3n) is 2.80. The van der Waals surface area contributed by atoms with E-state index in [0.29, 0.717) is 29.4 Å². The van der Waals surface area contributed by atoms with Crippen LogP contribution in [0.5, 0.6) is 0 Å². The second kappa shape index (κ2) is 5.01. The van der Waals surface area contributed by atoms with E-state index < -0.39 is 4.92 Å². The van der Waals surface area contributed by atoms with Gasteiger partial charge in [0, 0.05) is 7.05 Å². The average molecular weight is 262 g/mol. The number of hydrogen-bond donors (Lipinski definition) is 1. The van der Waals surface area contributed by atoms with Crippen molar-refractivity contribution in [2.24, 2.45) is 0 Å². The number of nitro groups is 1. The van der Waals surface area contributed by atoms with Gasteiger partial charge in [-0.2, -0.15) is 5.10 Å². The molecule has 0 atom stereocenters. The molecule has 100 valence electrons. The summed E-state index contributed by atoms with van der Waals surface area (Å²) in [6, 6.07) is 0. The molecule has 0 fully saturated rings. The van der Waals surface area contributed by atoms with E-state index in [9.17, 15) is 10.1 Å². The number of nitrogens with zero attached hydrogens (tertiary/aromatic N) is 5. The Bertz CT molecular complexity index is 604. The lowest BCUT2D eigenvalue weighted by atomic mass is 10.3. The van der Waals surface area contributed by atoms with Gasteiger partial charge in [-0.05, 0) is 13.8 Å². The van der Waals surface area contributed by atoms with E-state index in [1.54, 1.807) is 38.0 Å². The molecule has 0 aliphatic carbocycles.